The van der Waals surface area contributed by atoms with Gasteiger partial charge in [-0.25, -0.2) is 0 Å². The average molecular weight is 371 g/mol. The van der Waals surface area contributed by atoms with E-state index in [2.05, 4.69) is 32.4 Å². The van der Waals surface area contributed by atoms with Gasteiger partial charge in [0, 0.05) is 33.7 Å². The van der Waals surface area contributed by atoms with E-state index in [1.54, 1.807) is 6.20 Å². The Morgan fingerprint density at radius 1 is 1.40 bits per heavy atom. The third kappa shape index (κ3) is 4.92. The highest BCUT2D eigenvalue weighted by Gasteiger charge is 2.09. The van der Waals surface area contributed by atoms with E-state index in [1.807, 2.05) is 37.3 Å². The van der Waals surface area contributed by atoms with Crippen LogP contribution in [0.3, 0.4) is 0 Å². The molecule has 1 amide bonds. The molecule has 128 valence electrons. The lowest BCUT2D eigenvalue weighted by Gasteiger charge is -2.11. The average Bonchev–Trinajstić information content (AvgIpc) is 2.61. The maximum atomic E-state index is 11.5. The van der Waals surface area contributed by atoms with Crippen LogP contribution in [0.5, 0.6) is 0 Å². The smallest absolute Gasteiger partial charge is 0.300 e. The topological polar surface area (TPSA) is 42.0 Å². The molecule has 0 bridgehead atoms. The number of carbonyl (C=O) groups excluding carboxylic acids is 1. The van der Waals surface area contributed by atoms with Gasteiger partial charge >= 0.3 is 0 Å². The number of nitrogens with zero attached hydrogens (tertiary/aromatic N) is 1. The van der Waals surface area contributed by atoms with Gasteiger partial charge in [0.1, 0.15) is 0 Å². The summed E-state index contributed by atoms with van der Waals surface area (Å²) in [6.45, 7) is 4.05. The Hall–Kier alpha value is -2.14. The number of hydrogen-bond acceptors (Lipinski definition) is 2. The molecule has 1 heterocycles. The lowest BCUT2D eigenvalue weighted by molar-refractivity contribution is -0.111. The van der Waals surface area contributed by atoms with E-state index < -0.39 is 5.91 Å². The number of nitrogens with one attached hydrogen (secondary N) is 1. The van der Waals surface area contributed by atoms with Crippen LogP contribution in [0.4, 0.5) is 5.69 Å². The number of aryl methyl sites for hydroxylation is 1. The molecule has 0 aliphatic carbocycles. The Bertz CT molecular complexity index is 868. The van der Waals surface area contributed by atoms with Gasteiger partial charge in [-0.15, -0.1) is 15.7 Å². The molecule has 2 aromatic rings. The second kappa shape index (κ2) is 8.81. The monoisotopic (exact) mass is 370 g/mol. The number of benzene rings is 1. The summed E-state index contributed by atoms with van der Waals surface area (Å²) in [5.41, 5.74) is 4.29. The second-order valence-electron chi connectivity index (χ2n) is 5.60. The van der Waals surface area contributed by atoms with Gasteiger partial charge in [0.25, 0.3) is 5.91 Å². The summed E-state index contributed by atoms with van der Waals surface area (Å²) in [5, 5.41) is 4.25. The van der Waals surface area contributed by atoms with Crippen molar-refractivity contribution in [3.63, 3.8) is 0 Å². The molecule has 0 fully saturated rings. The zero-order chi connectivity index (χ0) is 18.4. The number of amides is 1. The first-order valence-electron chi connectivity index (χ1n) is 7.96. The largest absolute Gasteiger partial charge is 0.315 e. The van der Waals surface area contributed by atoms with E-state index in [9.17, 15) is 4.79 Å². The molecule has 1 aromatic carbocycles. The quantitative estimate of drug-likeness (QED) is 0.621. The van der Waals surface area contributed by atoms with Gasteiger partial charge < -0.3 is 5.32 Å². The molecule has 1 unspecified atom stereocenters. The molecule has 25 heavy (non-hydrogen) atoms. The predicted molar refractivity (Wildman–Crippen MR) is 110 cm³/mol. The number of rotatable bonds is 5. The van der Waals surface area contributed by atoms with Gasteiger partial charge in [-0.05, 0) is 42.3 Å². The summed E-state index contributed by atoms with van der Waals surface area (Å²) < 4.78 is 0. The van der Waals surface area contributed by atoms with Gasteiger partial charge in [0.2, 0.25) is 0 Å². The highest BCUT2D eigenvalue weighted by molar-refractivity contribution is 7.28. The summed E-state index contributed by atoms with van der Waals surface area (Å²) in [6, 6.07) is 7.76. The summed E-state index contributed by atoms with van der Waals surface area (Å²) in [4.78, 5) is 15.9. The normalized spacial score (nSPS) is 11.1. The summed E-state index contributed by atoms with van der Waals surface area (Å²) in [7, 11) is 2.58. The van der Waals surface area contributed by atoms with Gasteiger partial charge in [-0.2, -0.15) is 0 Å². The highest BCUT2D eigenvalue weighted by atomic mass is 35.5. The van der Waals surface area contributed by atoms with Gasteiger partial charge in [-0.3, -0.25) is 9.78 Å². The molecule has 3 nitrogen and oxygen atoms in total. The van der Waals surface area contributed by atoms with Crippen molar-refractivity contribution in [3.05, 3.63) is 47.8 Å². The molecule has 1 aromatic heterocycles. The third-order valence-electron chi connectivity index (χ3n) is 3.72. The van der Waals surface area contributed by atoms with Crippen molar-refractivity contribution < 1.29 is 4.79 Å². The van der Waals surface area contributed by atoms with Crippen LogP contribution in [0.2, 0.25) is 0 Å². The van der Waals surface area contributed by atoms with Gasteiger partial charge in [0.05, 0.1) is 0 Å². The molecule has 2 rings (SSSR count). The van der Waals surface area contributed by atoms with Crippen molar-refractivity contribution in [2.24, 2.45) is 0 Å². The molecule has 0 radical (unpaired) electrons. The number of terminal acetylenes is 1. The Kier molecular flexibility index (Phi) is 6.76. The zero-order valence-corrected chi connectivity index (χ0v) is 16.2. The number of allylic oxidation sites excluding steroid dienone is 1. The van der Waals surface area contributed by atoms with Crippen molar-refractivity contribution in [2.75, 3.05) is 5.32 Å². The first-order chi connectivity index (χ1) is 12.0. The van der Waals surface area contributed by atoms with Crippen molar-refractivity contribution in [3.8, 4) is 23.5 Å². The van der Waals surface area contributed by atoms with E-state index >= 15 is 0 Å². The van der Waals surface area contributed by atoms with E-state index in [0.29, 0.717) is 10.7 Å². The zero-order valence-electron chi connectivity index (χ0n) is 14.3. The van der Waals surface area contributed by atoms with Crippen LogP contribution < -0.4 is 10.6 Å². The minimum Gasteiger partial charge on any atom is -0.315 e. The molecule has 5 heteroatoms. The molecular formula is C20H20ClN2OP. The predicted octanol–water partition coefficient (Wildman–Crippen LogP) is 4.51. The van der Waals surface area contributed by atoms with Crippen molar-refractivity contribution in [1.29, 1.82) is 0 Å². The fourth-order valence-electron chi connectivity index (χ4n) is 2.32. The molecule has 1 atom stereocenters. The summed E-state index contributed by atoms with van der Waals surface area (Å²) in [5.74, 6) is 1.58. The molecule has 0 spiro atoms. The Labute approximate surface area is 156 Å². The number of halogens is 1. The van der Waals surface area contributed by atoms with Gasteiger partial charge in [-0.1, -0.05) is 43.2 Å². The van der Waals surface area contributed by atoms with E-state index in [-0.39, 0.29) is 0 Å². The van der Waals surface area contributed by atoms with Crippen molar-refractivity contribution in [2.45, 2.75) is 26.7 Å². The SMILES string of the molecule is C#CC(=O)Nc1cc(-c2cnc(C)c(/C(Cl)=C\CCC)c2)ccc1P. The van der Waals surface area contributed by atoms with Crippen LogP contribution in [0.15, 0.2) is 36.5 Å². The van der Waals surface area contributed by atoms with Crippen LogP contribution >= 0.6 is 20.8 Å². The van der Waals surface area contributed by atoms with Crippen LogP contribution in [-0.2, 0) is 4.79 Å². The maximum Gasteiger partial charge on any atom is 0.300 e. The molecular weight excluding hydrogens is 351 g/mol. The number of pyridine rings is 1. The molecule has 0 aliphatic rings. The third-order valence-corrected chi connectivity index (χ3v) is 4.58. The number of anilines is 1. The maximum absolute atomic E-state index is 11.5. The number of carbonyl (C=O) groups is 1. The molecule has 0 aliphatic heterocycles. The molecule has 0 saturated heterocycles. The van der Waals surface area contributed by atoms with Crippen LogP contribution in [-0.4, -0.2) is 10.9 Å². The number of aromatic nitrogens is 1. The van der Waals surface area contributed by atoms with Crippen molar-refractivity contribution in [1.82, 2.24) is 4.98 Å². The molecule has 0 saturated carbocycles. The standard InChI is InChI=1S/C20H20ClN2OP/c1-4-6-7-17(21)16-10-15(12-22-13(16)3)14-8-9-19(25)18(11-14)23-20(24)5-2/h2,7-12H,4,6,25H2,1,3H3,(H,23,24)/b17-7+. The molecule has 1 N–H and O–H groups in total. The van der Waals surface area contributed by atoms with Gasteiger partial charge in [0.15, 0.2) is 0 Å². The summed E-state index contributed by atoms with van der Waals surface area (Å²) in [6.07, 6.45) is 10.9. The minimum atomic E-state index is -0.478. The van der Waals surface area contributed by atoms with E-state index in [0.717, 1.165) is 40.5 Å². The fourth-order valence-corrected chi connectivity index (χ4v) is 2.87. The van der Waals surface area contributed by atoms with Crippen LogP contribution in [0, 0.1) is 19.3 Å². The fraction of sp³-hybridized carbons (Fsp3) is 0.200. The van der Waals surface area contributed by atoms with Crippen molar-refractivity contribution >= 4 is 42.8 Å². The lowest BCUT2D eigenvalue weighted by Crippen LogP contribution is -2.13. The highest BCUT2D eigenvalue weighted by Crippen LogP contribution is 2.29. The van der Waals surface area contributed by atoms with Crippen LogP contribution in [0.25, 0.3) is 16.2 Å². The van der Waals surface area contributed by atoms with E-state index in [4.69, 9.17) is 18.0 Å². The Morgan fingerprint density at radius 3 is 2.84 bits per heavy atom. The van der Waals surface area contributed by atoms with Crippen LogP contribution in [0.1, 0.15) is 31.0 Å². The second-order valence-corrected chi connectivity index (χ2v) is 6.63. The first kappa shape index (κ1) is 19.2. The summed E-state index contributed by atoms with van der Waals surface area (Å²) >= 11 is 6.43. The number of hydrogen-bond donors (Lipinski definition) is 1. The lowest BCUT2D eigenvalue weighted by atomic mass is 10.0. The minimum absolute atomic E-state index is 0.478. The number of unbranched alkanes of at least 4 members (excludes halogenated alkanes) is 1. The van der Waals surface area contributed by atoms with E-state index in [1.165, 1.54) is 0 Å². The Balaban J connectivity index is 2.44. The first-order valence-corrected chi connectivity index (χ1v) is 8.92. The Morgan fingerprint density at radius 2 is 2.16 bits per heavy atom.